The predicted octanol–water partition coefficient (Wildman–Crippen LogP) is 2.59. The molecule has 14 heavy (non-hydrogen) atoms. The van der Waals surface area contributed by atoms with Crippen molar-refractivity contribution >= 4 is 29.3 Å². The SMILES string of the molecule is Cc1[nH]c2ccccc2c1C(=O)CS. The van der Waals surface area contributed by atoms with Crippen LogP contribution in [0.3, 0.4) is 0 Å². The van der Waals surface area contributed by atoms with E-state index in [-0.39, 0.29) is 11.5 Å². The topological polar surface area (TPSA) is 32.9 Å². The number of aromatic amines is 1. The molecule has 0 saturated carbocycles. The first-order valence-corrected chi connectivity index (χ1v) is 5.08. The van der Waals surface area contributed by atoms with Gasteiger partial charge in [0.1, 0.15) is 0 Å². The first-order valence-electron chi connectivity index (χ1n) is 4.45. The van der Waals surface area contributed by atoms with Crippen LogP contribution >= 0.6 is 12.6 Å². The van der Waals surface area contributed by atoms with Gasteiger partial charge in [-0.15, -0.1) is 0 Å². The van der Waals surface area contributed by atoms with Crippen molar-refractivity contribution in [3.63, 3.8) is 0 Å². The van der Waals surface area contributed by atoms with Gasteiger partial charge in [-0.05, 0) is 13.0 Å². The minimum absolute atomic E-state index is 0.0725. The van der Waals surface area contributed by atoms with Crippen molar-refractivity contribution in [3.8, 4) is 0 Å². The summed E-state index contributed by atoms with van der Waals surface area (Å²) >= 11 is 4.01. The third-order valence-corrected chi connectivity index (χ3v) is 2.60. The fourth-order valence-corrected chi connectivity index (χ4v) is 1.87. The molecule has 0 bridgehead atoms. The standard InChI is InChI=1S/C11H11NOS/c1-7-11(10(13)6-14)8-4-2-3-5-9(8)12-7/h2-5,12,14H,6H2,1H3. The molecule has 0 fully saturated rings. The third-order valence-electron chi connectivity index (χ3n) is 2.32. The van der Waals surface area contributed by atoms with Crippen LogP contribution in [0.2, 0.25) is 0 Å². The van der Waals surface area contributed by atoms with E-state index in [1.54, 1.807) is 0 Å². The summed E-state index contributed by atoms with van der Waals surface area (Å²) in [5, 5.41) is 0.990. The maximum Gasteiger partial charge on any atom is 0.174 e. The number of hydrogen-bond donors (Lipinski definition) is 2. The predicted molar refractivity (Wildman–Crippen MR) is 61.2 cm³/mol. The molecule has 1 aromatic heterocycles. The van der Waals surface area contributed by atoms with Crippen LogP contribution in [0.25, 0.3) is 10.9 Å². The van der Waals surface area contributed by atoms with Crippen LogP contribution in [0.5, 0.6) is 0 Å². The highest BCUT2D eigenvalue weighted by atomic mass is 32.1. The van der Waals surface area contributed by atoms with Crippen LogP contribution in [-0.4, -0.2) is 16.5 Å². The normalized spacial score (nSPS) is 10.7. The second kappa shape index (κ2) is 3.50. The number of nitrogens with one attached hydrogen (secondary N) is 1. The summed E-state index contributed by atoms with van der Waals surface area (Å²) < 4.78 is 0. The summed E-state index contributed by atoms with van der Waals surface area (Å²) in [4.78, 5) is 14.8. The van der Waals surface area contributed by atoms with Crippen molar-refractivity contribution < 1.29 is 4.79 Å². The van der Waals surface area contributed by atoms with Crippen LogP contribution in [0.4, 0.5) is 0 Å². The van der Waals surface area contributed by atoms with Crippen LogP contribution in [0, 0.1) is 6.92 Å². The van der Waals surface area contributed by atoms with E-state index in [1.165, 1.54) is 0 Å². The van der Waals surface area contributed by atoms with Crippen molar-refractivity contribution in [2.75, 3.05) is 5.75 Å². The number of carbonyl (C=O) groups excluding carboxylic acids is 1. The Kier molecular flexibility index (Phi) is 2.33. The number of aryl methyl sites for hydroxylation is 1. The first-order chi connectivity index (χ1) is 6.74. The quantitative estimate of drug-likeness (QED) is 0.573. The van der Waals surface area contributed by atoms with Crippen molar-refractivity contribution in [2.24, 2.45) is 0 Å². The van der Waals surface area contributed by atoms with E-state index in [1.807, 2.05) is 31.2 Å². The Hall–Kier alpha value is -1.22. The molecule has 0 saturated heterocycles. The second-order valence-electron chi connectivity index (χ2n) is 3.25. The summed E-state index contributed by atoms with van der Waals surface area (Å²) in [7, 11) is 0. The Labute approximate surface area is 87.7 Å². The van der Waals surface area contributed by atoms with Crippen molar-refractivity contribution in [1.82, 2.24) is 4.98 Å². The molecule has 0 atom stereocenters. The van der Waals surface area contributed by atoms with Crippen molar-refractivity contribution in [2.45, 2.75) is 6.92 Å². The maximum atomic E-state index is 11.6. The molecule has 2 rings (SSSR count). The van der Waals surface area contributed by atoms with Gasteiger partial charge in [0.15, 0.2) is 5.78 Å². The minimum Gasteiger partial charge on any atom is -0.358 e. The van der Waals surface area contributed by atoms with Gasteiger partial charge in [0.2, 0.25) is 0 Å². The zero-order valence-corrected chi connectivity index (χ0v) is 8.77. The van der Waals surface area contributed by atoms with Gasteiger partial charge in [-0.1, -0.05) is 18.2 Å². The highest BCUT2D eigenvalue weighted by Crippen LogP contribution is 2.22. The number of fused-ring (bicyclic) bond motifs is 1. The Morgan fingerprint density at radius 2 is 2.14 bits per heavy atom. The molecule has 0 unspecified atom stereocenters. The summed E-state index contributed by atoms with van der Waals surface area (Å²) in [6, 6.07) is 7.81. The molecular formula is C11H11NOS. The molecule has 1 N–H and O–H groups in total. The average Bonchev–Trinajstić information content (AvgIpc) is 2.53. The number of ketones is 1. The number of para-hydroxylation sites is 1. The van der Waals surface area contributed by atoms with E-state index in [0.29, 0.717) is 0 Å². The van der Waals surface area contributed by atoms with Crippen LogP contribution in [0.1, 0.15) is 16.1 Å². The van der Waals surface area contributed by atoms with E-state index < -0.39 is 0 Å². The summed E-state index contributed by atoms with van der Waals surface area (Å²) in [5.41, 5.74) is 2.70. The largest absolute Gasteiger partial charge is 0.358 e. The van der Waals surface area contributed by atoms with Crippen molar-refractivity contribution in [3.05, 3.63) is 35.5 Å². The summed E-state index contributed by atoms with van der Waals surface area (Å²) in [6.07, 6.45) is 0. The number of aromatic nitrogens is 1. The molecule has 72 valence electrons. The number of benzene rings is 1. The van der Waals surface area contributed by atoms with Gasteiger partial charge < -0.3 is 4.98 Å². The lowest BCUT2D eigenvalue weighted by molar-refractivity contribution is 0.102. The van der Waals surface area contributed by atoms with Gasteiger partial charge in [-0.25, -0.2) is 0 Å². The molecular weight excluding hydrogens is 194 g/mol. The molecule has 0 radical (unpaired) electrons. The van der Waals surface area contributed by atoms with E-state index >= 15 is 0 Å². The Morgan fingerprint density at radius 1 is 1.43 bits per heavy atom. The summed E-state index contributed by atoms with van der Waals surface area (Å²) in [6.45, 7) is 1.91. The maximum absolute atomic E-state index is 11.6. The number of rotatable bonds is 2. The van der Waals surface area contributed by atoms with E-state index in [0.717, 1.165) is 22.2 Å². The van der Waals surface area contributed by atoms with Gasteiger partial charge in [-0.2, -0.15) is 12.6 Å². The van der Waals surface area contributed by atoms with E-state index in [9.17, 15) is 4.79 Å². The molecule has 1 aromatic carbocycles. The molecule has 0 aliphatic carbocycles. The molecule has 0 amide bonds. The summed E-state index contributed by atoms with van der Waals surface area (Å²) in [5.74, 6) is 0.325. The lowest BCUT2D eigenvalue weighted by Gasteiger charge is -1.96. The molecule has 0 aliphatic heterocycles. The van der Waals surface area contributed by atoms with Crippen LogP contribution < -0.4 is 0 Å². The Morgan fingerprint density at radius 3 is 2.86 bits per heavy atom. The van der Waals surface area contributed by atoms with Crippen molar-refractivity contribution in [1.29, 1.82) is 0 Å². The number of hydrogen-bond acceptors (Lipinski definition) is 2. The van der Waals surface area contributed by atoms with Gasteiger partial charge in [0, 0.05) is 22.2 Å². The van der Waals surface area contributed by atoms with Crippen LogP contribution in [0.15, 0.2) is 24.3 Å². The minimum atomic E-state index is 0.0725. The highest BCUT2D eigenvalue weighted by molar-refractivity contribution is 7.81. The van der Waals surface area contributed by atoms with Gasteiger partial charge in [0.05, 0.1) is 5.75 Å². The molecule has 0 spiro atoms. The lowest BCUT2D eigenvalue weighted by atomic mass is 10.1. The molecule has 3 heteroatoms. The van der Waals surface area contributed by atoms with E-state index in [2.05, 4.69) is 17.6 Å². The zero-order chi connectivity index (χ0) is 10.1. The monoisotopic (exact) mass is 205 g/mol. The third kappa shape index (κ3) is 1.34. The molecule has 1 heterocycles. The van der Waals surface area contributed by atoms with Gasteiger partial charge >= 0.3 is 0 Å². The number of thiol groups is 1. The Balaban J connectivity index is 2.74. The smallest absolute Gasteiger partial charge is 0.174 e. The van der Waals surface area contributed by atoms with E-state index in [4.69, 9.17) is 0 Å². The average molecular weight is 205 g/mol. The number of carbonyl (C=O) groups is 1. The molecule has 0 aliphatic rings. The lowest BCUT2D eigenvalue weighted by Crippen LogP contribution is -2.01. The first kappa shape index (κ1) is 9.34. The number of Topliss-reactive ketones (excluding diaryl/α,β-unsaturated/α-hetero) is 1. The van der Waals surface area contributed by atoms with Gasteiger partial charge in [0.25, 0.3) is 0 Å². The van der Waals surface area contributed by atoms with Gasteiger partial charge in [-0.3, -0.25) is 4.79 Å². The highest BCUT2D eigenvalue weighted by Gasteiger charge is 2.13. The van der Waals surface area contributed by atoms with Crippen LogP contribution in [-0.2, 0) is 0 Å². The number of H-pyrrole nitrogens is 1. The second-order valence-corrected chi connectivity index (χ2v) is 3.57. The fourth-order valence-electron chi connectivity index (χ4n) is 1.72. The fraction of sp³-hybridized carbons (Fsp3) is 0.182. The Bertz CT molecular complexity index is 487. The molecule has 2 nitrogen and oxygen atoms in total. The zero-order valence-electron chi connectivity index (χ0n) is 7.87. The molecule has 2 aromatic rings.